The van der Waals surface area contributed by atoms with E-state index in [4.69, 9.17) is 4.74 Å². The van der Waals surface area contributed by atoms with Crippen LogP contribution in [-0.2, 0) is 18.3 Å². The van der Waals surface area contributed by atoms with Crippen molar-refractivity contribution in [2.45, 2.75) is 20.3 Å². The summed E-state index contributed by atoms with van der Waals surface area (Å²) in [4.78, 5) is 32.5. The van der Waals surface area contributed by atoms with Gasteiger partial charge in [-0.05, 0) is 25.5 Å². The van der Waals surface area contributed by atoms with Crippen LogP contribution in [-0.4, -0.2) is 58.4 Å². The average molecular weight is 371 g/mol. The van der Waals surface area contributed by atoms with Crippen LogP contribution in [0.4, 0.5) is 5.69 Å². The van der Waals surface area contributed by atoms with Crippen LogP contribution in [0.5, 0.6) is 5.75 Å². The third-order valence-corrected chi connectivity index (χ3v) is 4.71. The van der Waals surface area contributed by atoms with E-state index in [0.29, 0.717) is 31.9 Å². The second kappa shape index (κ2) is 8.20. The van der Waals surface area contributed by atoms with Gasteiger partial charge in [0.1, 0.15) is 5.75 Å². The first kappa shape index (κ1) is 18.9. The fourth-order valence-electron chi connectivity index (χ4n) is 3.06. The van der Waals surface area contributed by atoms with Gasteiger partial charge in [0, 0.05) is 45.0 Å². The van der Waals surface area contributed by atoms with Crippen LogP contribution in [0.25, 0.3) is 0 Å². The number of ether oxygens (including phenoxy) is 1. The van der Waals surface area contributed by atoms with E-state index < -0.39 is 0 Å². The lowest BCUT2D eigenvalue weighted by molar-refractivity contribution is -0.133. The van der Waals surface area contributed by atoms with Crippen molar-refractivity contribution < 1.29 is 9.53 Å². The molecule has 1 saturated heterocycles. The van der Waals surface area contributed by atoms with Crippen molar-refractivity contribution in [2.24, 2.45) is 7.05 Å². The normalized spacial score (nSPS) is 14.3. The first-order valence-electron chi connectivity index (χ1n) is 9.13. The second-order valence-corrected chi connectivity index (χ2v) is 6.58. The van der Waals surface area contributed by atoms with E-state index in [-0.39, 0.29) is 18.1 Å². The molecule has 2 aromatic heterocycles. The van der Waals surface area contributed by atoms with Gasteiger partial charge in [0.25, 0.3) is 11.5 Å². The molecular formula is C19H25N5O3. The van der Waals surface area contributed by atoms with Gasteiger partial charge in [-0.25, -0.2) is 4.68 Å². The molecule has 8 nitrogen and oxygen atoms in total. The number of carbonyl (C=O) groups excluding carboxylic acids is 1. The Morgan fingerprint density at radius 1 is 1.22 bits per heavy atom. The highest BCUT2D eigenvalue weighted by Crippen LogP contribution is 2.18. The number of pyridine rings is 1. The number of aryl methyl sites for hydroxylation is 3. The molecule has 0 N–H and O–H groups in total. The lowest BCUT2D eigenvalue weighted by atomic mass is 10.2. The average Bonchev–Trinajstić information content (AvgIpc) is 2.69. The van der Waals surface area contributed by atoms with Gasteiger partial charge < -0.3 is 14.5 Å². The molecule has 2 aromatic rings. The zero-order chi connectivity index (χ0) is 19.4. The highest BCUT2D eigenvalue weighted by atomic mass is 16.5. The van der Waals surface area contributed by atoms with Gasteiger partial charge in [-0.3, -0.25) is 14.6 Å². The van der Waals surface area contributed by atoms with Gasteiger partial charge in [0.2, 0.25) is 0 Å². The molecule has 0 bridgehead atoms. The monoisotopic (exact) mass is 371 g/mol. The Bertz CT molecular complexity index is 872. The molecule has 0 radical (unpaired) electrons. The zero-order valence-electron chi connectivity index (χ0n) is 16.0. The molecule has 8 heteroatoms. The molecular weight excluding hydrogens is 346 g/mol. The number of aromatic nitrogens is 3. The van der Waals surface area contributed by atoms with Crippen LogP contribution in [0.1, 0.15) is 18.3 Å². The van der Waals surface area contributed by atoms with Crippen molar-refractivity contribution >= 4 is 11.6 Å². The highest BCUT2D eigenvalue weighted by Gasteiger charge is 2.22. The van der Waals surface area contributed by atoms with E-state index in [1.165, 1.54) is 4.68 Å². The number of nitrogens with zero attached hydrogens (tertiary/aromatic N) is 5. The summed E-state index contributed by atoms with van der Waals surface area (Å²) in [5, 5.41) is 4.05. The summed E-state index contributed by atoms with van der Waals surface area (Å²) >= 11 is 0. The van der Waals surface area contributed by atoms with Crippen molar-refractivity contribution in [3.63, 3.8) is 0 Å². The summed E-state index contributed by atoms with van der Waals surface area (Å²) < 4.78 is 7.01. The minimum atomic E-state index is -0.141. The van der Waals surface area contributed by atoms with E-state index >= 15 is 0 Å². The SMILES string of the molecule is CCc1nc(C)ccc1OCC(=O)N1CCN(c2cnn(C)c(=O)c2)CC1. The topological polar surface area (TPSA) is 80.6 Å². The Labute approximate surface area is 158 Å². The van der Waals surface area contributed by atoms with Crippen molar-refractivity contribution in [1.29, 1.82) is 0 Å². The van der Waals surface area contributed by atoms with E-state index in [1.807, 2.05) is 26.0 Å². The summed E-state index contributed by atoms with van der Waals surface area (Å²) in [6.45, 7) is 6.45. The standard InChI is InChI=1S/C19H25N5O3/c1-4-16-17(6-5-14(2)21-16)27-13-19(26)24-9-7-23(8-10-24)15-11-18(25)22(3)20-12-15/h5-6,11-12H,4,7-10,13H2,1-3H3. The van der Waals surface area contributed by atoms with Crippen molar-refractivity contribution in [3.8, 4) is 5.75 Å². The highest BCUT2D eigenvalue weighted by molar-refractivity contribution is 5.78. The number of carbonyl (C=O) groups is 1. The predicted molar refractivity (Wildman–Crippen MR) is 102 cm³/mol. The summed E-state index contributed by atoms with van der Waals surface area (Å²) in [5.74, 6) is 0.626. The molecule has 1 aliphatic heterocycles. The molecule has 0 atom stereocenters. The van der Waals surface area contributed by atoms with Gasteiger partial charge in [0.15, 0.2) is 6.61 Å². The fraction of sp³-hybridized carbons (Fsp3) is 0.474. The Morgan fingerprint density at radius 2 is 1.96 bits per heavy atom. The molecule has 144 valence electrons. The molecule has 3 heterocycles. The summed E-state index contributed by atoms with van der Waals surface area (Å²) in [6.07, 6.45) is 2.44. The molecule has 0 spiro atoms. The van der Waals surface area contributed by atoms with Crippen LogP contribution < -0.4 is 15.2 Å². The van der Waals surface area contributed by atoms with Gasteiger partial charge in [-0.1, -0.05) is 6.92 Å². The van der Waals surface area contributed by atoms with Crippen LogP contribution >= 0.6 is 0 Å². The molecule has 1 amide bonds. The van der Waals surface area contributed by atoms with E-state index in [1.54, 1.807) is 24.2 Å². The number of piperazine rings is 1. The van der Waals surface area contributed by atoms with Crippen molar-refractivity contribution in [2.75, 3.05) is 37.7 Å². The minimum absolute atomic E-state index is 0.00514. The maximum absolute atomic E-state index is 12.5. The number of hydrogen-bond acceptors (Lipinski definition) is 6. The molecule has 0 saturated carbocycles. The first-order valence-corrected chi connectivity index (χ1v) is 9.13. The van der Waals surface area contributed by atoms with Gasteiger partial charge in [-0.2, -0.15) is 5.10 Å². The Hall–Kier alpha value is -2.90. The van der Waals surface area contributed by atoms with E-state index in [9.17, 15) is 9.59 Å². The van der Waals surface area contributed by atoms with Gasteiger partial charge >= 0.3 is 0 Å². The maximum atomic E-state index is 12.5. The fourth-order valence-corrected chi connectivity index (χ4v) is 3.06. The molecule has 0 aliphatic carbocycles. The largest absolute Gasteiger partial charge is 0.482 e. The first-order chi connectivity index (χ1) is 13.0. The lowest BCUT2D eigenvalue weighted by Crippen LogP contribution is -2.50. The van der Waals surface area contributed by atoms with Crippen molar-refractivity contribution in [3.05, 3.63) is 46.1 Å². The Morgan fingerprint density at radius 3 is 2.63 bits per heavy atom. The van der Waals surface area contributed by atoms with E-state index in [0.717, 1.165) is 23.5 Å². The van der Waals surface area contributed by atoms with Crippen LogP contribution in [0.15, 0.2) is 29.2 Å². The van der Waals surface area contributed by atoms with Crippen molar-refractivity contribution in [1.82, 2.24) is 19.7 Å². The summed E-state index contributed by atoms with van der Waals surface area (Å²) in [7, 11) is 1.62. The molecule has 1 fully saturated rings. The molecule has 0 unspecified atom stereocenters. The Balaban J connectivity index is 1.54. The smallest absolute Gasteiger partial charge is 0.268 e. The Kier molecular flexibility index (Phi) is 5.73. The number of anilines is 1. The third-order valence-electron chi connectivity index (χ3n) is 4.71. The van der Waals surface area contributed by atoms with Gasteiger partial charge in [-0.15, -0.1) is 0 Å². The van der Waals surface area contributed by atoms with Crippen LogP contribution in [0.2, 0.25) is 0 Å². The summed E-state index contributed by atoms with van der Waals surface area (Å²) in [6, 6.07) is 5.33. The molecule has 1 aliphatic rings. The number of amides is 1. The number of rotatable bonds is 5. The molecule has 3 rings (SSSR count). The zero-order valence-corrected chi connectivity index (χ0v) is 16.0. The quantitative estimate of drug-likeness (QED) is 0.772. The molecule has 27 heavy (non-hydrogen) atoms. The summed E-state index contributed by atoms with van der Waals surface area (Å²) in [5.41, 5.74) is 2.45. The minimum Gasteiger partial charge on any atom is -0.482 e. The molecule has 0 aromatic carbocycles. The number of hydrogen-bond donors (Lipinski definition) is 0. The van der Waals surface area contributed by atoms with Gasteiger partial charge in [0.05, 0.1) is 17.6 Å². The van der Waals surface area contributed by atoms with E-state index in [2.05, 4.69) is 15.0 Å². The third kappa shape index (κ3) is 4.45. The van der Waals surface area contributed by atoms with Crippen LogP contribution in [0.3, 0.4) is 0 Å². The maximum Gasteiger partial charge on any atom is 0.268 e. The predicted octanol–water partition coefficient (Wildman–Crippen LogP) is 0.774. The lowest BCUT2D eigenvalue weighted by Gasteiger charge is -2.35. The van der Waals surface area contributed by atoms with Crippen LogP contribution in [0, 0.1) is 6.92 Å². The second-order valence-electron chi connectivity index (χ2n) is 6.58.